The number of allylic oxidation sites excluding steroid dienone is 1. The van der Waals surface area contributed by atoms with Gasteiger partial charge >= 0.3 is 0 Å². The first-order valence-electron chi connectivity index (χ1n) is 16.1. The molecule has 1 aromatic heterocycles. The molecule has 1 aliphatic heterocycles. The molecule has 0 unspecified atom stereocenters. The number of hydrogen-bond donors (Lipinski definition) is 4. The number of carbonyl (C=O) groups excluding carboxylic acids is 3. The summed E-state index contributed by atoms with van der Waals surface area (Å²) in [5.41, 5.74) is 11.3. The van der Waals surface area contributed by atoms with Gasteiger partial charge in [-0.2, -0.15) is 0 Å². The van der Waals surface area contributed by atoms with Crippen LogP contribution in [0.5, 0.6) is 11.5 Å². The molecule has 1 aliphatic rings. The largest absolute Gasteiger partial charge is 0.494 e. The fraction of sp³-hybridized carbons (Fsp3) is 0.361. The van der Waals surface area contributed by atoms with Crippen LogP contribution >= 0.6 is 0 Å². The number of hydrogen-bond acceptors (Lipinski definition) is 9. The Morgan fingerprint density at radius 3 is 2.69 bits per heavy atom. The van der Waals surface area contributed by atoms with Crippen LogP contribution in [-0.4, -0.2) is 78.2 Å². The number of methoxy groups -OCH3 is 1. The summed E-state index contributed by atoms with van der Waals surface area (Å²) in [6.07, 6.45) is 3.50. The van der Waals surface area contributed by atoms with Gasteiger partial charge in [0, 0.05) is 31.3 Å². The van der Waals surface area contributed by atoms with Crippen LogP contribution in [0.1, 0.15) is 53.8 Å². The van der Waals surface area contributed by atoms with E-state index in [1.54, 1.807) is 19.2 Å². The van der Waals surface area contributed by atoms with Gasteiger partial charge in [0.1, 0.15) is 17.5 Å². The van der Waals surface area contributed by atoms with Gasteiger partial charge in [0.2, 0.25) is 6.41 Å². The quantitative estimate of drug-likeness (QED) is 0.0867. The Morgan fingerprint density at radius 2 is 1.98 bits per heavy atom. The molecule has 3 aromatic carbocycles. The second kappa shape index (κ2) is 15.6. The van der Waals surface area contributed by atoms with Gasteiger partial charge in [-0.05, 0) is 74.9 Å². The molecule has 1 fully saturated rings. The van der Waals surface area contributed by atoms with Crippen molar-refractivity contribution >= 4 is 40.7 Å². The van der Waals surface area contributed by atoms with Gasteiger partial charge in [-0.3, -0.25) is 9.59 Å². The molecule has 2 heterocycles. The molecule has 252 valence electrons. The normalized spacial score (nSPS) is 13.2. The smallest absolute Gasteiger partial charge is 0.260 e. The summed E-state index contributed by atoms with van der Waals surface area (Å²) in [6, 6.07) is 14.7. The van der Waals surface area contributed by atoms with E-state index in [-0.39, 0.29) is 29.8 Å². The molecular formula is C36H42N6O6. The summed E-state index contributed by atoms with van der Waals surface area (Å²) in [4.78, 5) is 48.8. The first-order chi connectivity index (χ1) is 23.3. The van der Waals surface area contributed by atoms with Gasteiger partial charge in [-0.15, -0.1) is 0 Å². The maximum Gasteiger partial charge on any atom is 0.260 e. The van der Waals surface area contributed by atoms with E-state index in [0.717, 1.165) is 23.1 Å². The number of nitrogens with two attached hydrogens (primary N) is 1. The number of anilines is 2. The minimum atomic E-state index is -0.381. The zero-order chi connectivity index (χ0) is 34.2. The Bertz CT molecular complexity index is 1820. The van der Waals surface area contributed by atoms with Crippen LogP contribution < -0.4 is 25.4 Å². The number of aromatic amines is 1. The molecule has 2 amide bonds. The monoisotopic (exact) mass is 654 g/mol. The average molecular weight is 655 g/mol. The number of imidazole rings is 1. The lowest BCUT2D eigenvalue weighted by molar-refractivity contribution is -0.105. The van der Waals surface area contributed by atoms with Crippen molar-refractivity contribution in [1.29, 1.82) is 0 Å². The number of fused-ring (bicyclic) bond motifs is 1. The number of piperidine rings is 1. The van der Waals surface area contributed by atoms with E-state index in [1.807, 2.05) is 48.2 Å². The van der Waals surface area contributed by atoms with Crippen molar-refractivity contribution in [3.8, 4) is 22.6 Å². The fourth-order valence-corrected chi connectivity index (χ4v) is 6.07. The number of aryl methyl sites for hydroxylation is 1. The number of ether oxygens (including phenoxy) is 2. The molecule has 5 N–H and O–H groups in total. The summed E-state index contributed by atoms with van der Waals surface area (Å²) in [7, 11) is 3.14. The van der Waals surface area contributed by atoms with E-state index in [1.165, 1.54) is 12.0 Å². The van der Waals surface area contributed by atoms with E-state index in [9.17, 15) is 19.5 Å². The molecule has 0 aliphatic carbocycles. The molecule has 0 spiro atoms. The minimum absolute atomic E-state index is 0.227. The number of rotatable bonds is 14. The second-order valence-corrected chi connectivity index (χ2v) is 11.8. The lowest BCUT2D eigenvalue weighted by atomic mass is 9.98. The highest BCUT2D eigenvalue weighted by atomic mass is 16.5. The van der Waals surface area contributed by atoms with Gasteiger partial charge in [-0.25, -0.2) is 9.78 Å². The molecule has 1 saturated heterocycles. The van der Waals surface area contributed by atoms with Crippen molar-refractivity contribution in [1.82, 2.24) is 14.9 Å². The summed E-state index contributed by atoms with van der Waals surface area (Å²) in [6.45, 7) is 3.89. The first-order valence-corrected chi connectivity index (χ1v) is 16.1. The van der Waals surface area contributed by atoms with Crippen LogP contribution in [0.25, 0.3) is 22.2 Å². The van der Waals surface area contributed by atoms with Gasteiger partial charge in [0.05, 0.1) is 60.0 Å². The van der Waals surface area contributed by atoms with Crippen LogP contribution in [0.15, 0.2) is 54.2 Å². The number of aromatic nitrogens is 2. The number of likely N-dealkylation sites (tertiary alicyclic amines) is 1. The third-order valence-corrected chi connectivity index (χ3v) is 8.65. The Balaban J connectivity index is 1.35. The van der Waals surface area contributed by atoms with E-state index < -0.39 is 0 Å². The van der Waals surface area contributed by atoms with Crippen LogP contribution in [0.3, 0.4) is 0 Å². The molecule has 48 heavy (non-hydrogen) atoms. The second-order valence-electron chi connectivity index (χ2n) is 11.8. The standard InChI is InChI=1S/C36H42N6O6/c1-23-10-13-30(31(19-23)48-18-5-4-7-24(21-43)42-16-14-25(45)15-17-42)41(2)36(46)28-12-11-27(35(47-3)34(28)38-22-44)26-8-6-9-29-33(26)40-32(20-37)39-29/h6,8-13,19,22,25,45H,4-5,7,14-18,20,37H2,1-3H3,(H,38,44)(H,39,40). The van der Waals surface area contributed by atoms with Gasteiger partial charge in [-0.1, -0.05) is 18.2 Å². The summed E-state index contributed by atoms with van der Waals surface area (Å²) in [5, 5.41) is 12.5. The summed E-state index contributed by atoms with van der Waals surface area (Å²) in [5.74, 6) is 3.19. The van der Waals surface area contributed by atoms with Crippen molar-refractivity contribution in [2.75, 3.05) is 44.1 Å². The number of carbonyl (C=O) groups is 2. The van der Waals surface area contributed by atoms with Crippen LogP contribution in [-0.2, 0) is 16.1 Å². The Kier molecular flexibility index (Phi) is 11.1. The number of benzene rings is 3. The number of H-pyrrole nitrogens is 1. The molecule has 4 aromatic rings. The van der Waals surface area contributed by atoms with Gasteiger partial charge in [0.25, 0.3) is 5.91 Å². The van der Waals surface area contributed by atoms with E-state index in [0.29, 0.717) is 91.6 Å². The molecular weight excluding hydrogens is 612 g/mol. The van der Waals surface area contributed by atoms with Crippen molar-refractivity contribution in [2.24, 2.45) is 5.73 Å². The van der Waals surface area contributed by atoms with Crippen LogP contribution in [0.2, 0.25) is 0 Å². The summed E-state index contributed by atoms with van der Waals surface area (Å²) >= 11 is 0. The van der Waals surface area contributed by atoms with Crippen molar-refractivity contribution < 1.29 is 29.0 Å². The highest BCUT2D eigenvalue weighted by Gasteiger charge is 2.26. The van der Waals surface area contributed by atoms with Crippen LogP contribution in [0, 0.1) is 6.92 Å². The maximum absolute atomic E-state index is 14.1. The number of aliphatic hydroxyl groups excluding tert-OH is 1. The number of amides is 2. The fourth-order valence-electron chi connectivity index (χ4n) is 6.07. The number of para-hydroxylation sites is 1. The third kappa shape index (κ3) is 7.36. The topological polar surface area (TPSA) is 163 Å². The molecule has 5 rings (SSSR count). The predicted molar refractivity (Wildman–Crippen MR) is 185 cm³/mol. The number of unbranched alkanes of at least 4 members (excludes halogenated alkanes) is 1. The van der Waals surface area contributed by atoms with Gasteiger partial charge < -0.3 is 40.4 Å². The third-order valence-electron chi connectivity index (χ3n) is 8.65. The number of nitrogens with one attached hydrogen (secondary N) is 2. The SMILES string of the molecule is COc1c(-c2cccc3[nH]c(CN)nc23)ccc(C(=O)N(C)c2ccc(C)cc2OCCCCC(=C=O)N2CCC(O)CC2)c1NC=O. The van der Waals surface area contributed by atoms with Crippen LogP contribution in [0.4, 0.5) is 11.4 Å². The Labute approximate surface area is 279 Å². The first kappa shape index (κ1) is 34.2. The molecule has 0 saturated carbocycles. The lowest BCUT2D eigenvalue weighted by Gasteiger charge is -2.31. The minimum Gasteiger partial charge on any atom is -0.494 e. The Morgan fingerprint density at radius 1 is 1.19 bits per heavy atom. The lowest BCUT2D eigenvalue weighted by Crippen LogP contribution is -2.35. The highest BCUT2D eigenvalue weighted by molar-refractivity contribution is 6.13. The Hall–Kier alpha value is -5.16. The van der Waals surface area contributed by atoms with Crippen molar-refractivity contribution in [2.45, 2.75) is 51.7 Å². The molecule has 0 atom stereocenters. The van der Waals surface area contributed by atoms with E-state index in [2.05, 4.69) is 21.2 Å². The van der Waals surface area contributed by atoms with E-state index >= 15 is 0 Å². The molecule has 0 radical (unpaired) electrons. The van der Waals surface area contributed by atoms with E-state index in [4.69, 9.17) is 15.2 Å². The molecule has 0 bridgehead atoms. The van der Waals surface area contributed by atoms with Gasteiger partial charge in [0.15, 0.2) is 5.75 Å². The predicted octanol–water partition coefficient (Wildman–Crippen LogP) is 4.57. The zero-order valence-corrected chi connectivity index (χ0v) is 27.5. The van der Waals surface area contributed by atoms with Crippen molar-refractivity contribution in [3.05, 3.63) is 71.2 Å². The molecule has 12 heteroatoms. The maximum atomic E-state index is 14.1. The molecule has 12 nitrogen and oxygen atoms in total. The number of aliphatic hydroxyl groups is 1. The van der Waals surface area contributed by atoms with Crippen molar-refractivity contribution in [3.63, 3.8) is 0 Å². The summed E-state index contributed by atoms with van der Waals surface area (Å²) < 4.78 is 12.0. The number of nitrogens with zero attached hydrogens (tertiary/aromatic N) is 3. The zero-order valence-electron chi connectivity index (χ0n) is 27.5. The highest BCUT2D eigenvalue weighted by Crippen LogP contribution is 2.42. The average Bonchev–Trinajstić information content (AvgIpc) is 3.54.